The normalized spacial score (nSPS) is 9.79. The molecule has 0 radical (unpaired) electrons. The maximum Gasteiger partial charge on any atom is 0.0630 e. The van der Waals surface area contributed by atoms with Crippen LogP contribution in [-0.4, -0.2) is 5.75 Å². The van der Waals surface area contributed by atoms with E-state index in [0.29, 0.717) is 16.5 Å². The molecule has 0 fully saturated rings. The fourth-order valence-corrected chi connectivity index (χ4v) is 2.05. The van der Waals surface area contributed by atoms with Gasteiger partial charge >= 0.3 is 0 Å². The number of benzene rings is 1. The van der Waals surface area contributed by atoms with Crippen molar-refractivity contribution >= 4 is 35.0 Å². The zero-order valence-electron chi connectivity index (χ0n) is 7.46. The number of thioether (sulfide) groups is 1. The fourth-order valence-electron chi connectivity index (χ4n) is 0.937. The third-order valence-electron chi connectivity index (χ3n) is 1.61. The largest absolute Gasteiger partial charge is 0.198 e. The summed E-state index contributed by atoms with van der Waals surface area (Å²) in [6.07, 6.45) is 0.589. The van der Waals surface area contributed by atoms with Gasteiger partial charge in [-0.05, 0) is 17.7 Å². The van der Waals surface area contributed by atoms with Gasteiger partial charge in [0.25, 0.3) is 0 Å². The summed E-state index contributed by atoms with van der Waals surface area (Å²) in [7, 11) is 0. The number of rotatable bonds is 4. The maximum absolute atomic E-state index is 8.34. The summed E-state index contributed by atoms with van der Waals surface area (Å²) in [4.78, 5) is 0. The van der Waals surface area contributed by atoms with Crippen LogP contribution >= 0.6 is 35.0 Å². The van der Waals surface area contributed by atoms with Crippen LogP contribution < -0.4 is 0 Å². The van der Waals surface area contributed by atoms with Gasteiger partial charge in [-0.25, -0.2) is 0 Å². The van der Waals surface area contributed by atoms with E-state index in [9.17, 15) is 0 Å². The van der Waals surface area contributed by atoms with Gasteiger partial charge < -0.3 is 0 Å². The highest BCUT2D eigenvalue weighted by molar-refractivity contribution is 7.98. The number of halogens is 2. The van der Waals surface area contributed by atoms with E-state index >= 15 is 0 Å². The minimum absolute atomic E-state index is 0.581. The maximum atomic E-state index is 8.34. The second kappa shape index (κ2) is 6.19. The minimum atomic E-state index is 0.581. The molecule has 74 valence electrons. The van der Waals surface area contributed by atoms with Crippen LogP contribution in [-0.2, 0) is 5.75 Å². The third-order valence-corrected chi connectivity index (χ3v) is 3.38. The van der Waals surface area contributed by atoms with Gasteiger partial charge in [0.15, 0.2) is 0 Å². The molecule has 1 nitrogen and oxygen atoms in total. The van der Waals surface area contributed by atoms with Gasteiger partial charge in [0.1, 0.15) is 0 Å². The molecule has 0 unspecified atom stereocenters. The first-order valence-corrected chi connectivity index (χ1v) is 6.03. The highest BCUT2D eigenvalue weighted by Crippen LogP contribution is 2.24. The van der Waals surface area contributed by atoms with Crippen molar-refractivity contribution in [1.29, 1.82) is 5.26 Å². The predicted molar refractivity (Wildman–Crippen MR) is 62.9 cm³/mol. The molecular formula is C10H9Cl2NS. The Hall–Kier alpha value is -0.360. The highest BCUT2D eigenvalue weighted by atomic mass is 35.5. The average Bonchev–Trinajstić information content (AvgIpc) is 2.18. The fraction of sp³-hybridized carbons (Fsp3) is 0.300. The Balaban J connectivity index is 2.44. The van der Waals surface area contributed by atoms with Crippen LogP contribution in [0.1, 0.15) is 12.0 Å². The molecule has 0 aliphatic heterocycles. The Labute approximate surface area is 98.0 Å². The van der Waals surface area contributed by atoms with E-state index in [1.807, 2.05) is 12.1 Å². The van der Waals surface area contributed by atoms with E-state index in [0.717, 1.165) is 17.1 Å². The lowest BCUT2D eigenvalue weighted by atomic mass is 10.2. The Morgan fingerprint density at radius 2 is 2.07 bits per heavy atom. The van der Waals surface area contributed by atoms with Crippen molar-refractivity contribution in [3.63, 3.8) is 0 Å². The lowest BCUT2D eigenvalue weighted by molar-refractivity contribution is 1.23. The number of nitriles is 1. The first-order chi connectivity index (χ1) is 6.74. The van der Waals surface area contributed by atoms with Crippen molar-refractivity contribution < 1.29 is 0 Å². The molecule has 0 aliphatic carbocycles. The Morgan fingerprint density at radius 3 is 2.71 bits per heavy atom. The summed E-state index contributed by atoms with van der Waals surface area (Å²) in [6, 6.07) is 7.72. The topological polar surface area (TPSA) is 23.8 Å². The quantitative estimate of drug-likeness (QED) is 0.745. The van der Waals surface area contributed by atoms with Crippen molar-refractivity contribution in [2.45, 2.75) is 12.2 Å². The van der Waals surface area contributed by atoms with Crippen LogP contribution in [0, 0.1) is 11.3 Å². The summed E-state index contributed by atoms with van der Waals surface area (Å²) in [5.41, 5.74) is 1.14. The molecule has 0 aromatic heterocycles. The summed E-state index contributed by atoms with van der Waals surface area (Å²) in [6.45, 7) is 0. The molecule has 1 aromatic carbocycles. The molecule has 1 aromatic rings. The lowest BCUT2D eigenvalue weighted by Gasteiger charge is -2.01. The van der Waals surface area contributed by atoms with Gasteiger partial charge in [-0.3, -0.25) is 0 Å². The second-order valence-electron chi connectivity index (χ2n) is 2.71. The summed E-state index contributed by atoms with van der Waals surface area (Å²) < 4.78 is 0. The molecule has 0 aliphatic rings. The first kappa shape index (κ1) is 11.7. The summed E-state index contributed by atoms with van der Waals surface area (Å²) in [5.74, 6) is 1.73. The molecule has 0 N–H and O–H groups in total. The standard InChI is InChI=1S/C10H9Cl2NS/c11-9-3-2-8(6-10(9)12)7-14-5-1-4-13/h2-3,6H,1,5,7H2. The van der Waals surface area contributed by atoms with E-state index < -0.39 is 0 Å². The minimum Gasteiger partial charge on any atom is -0.198 e. The van der Waals surface area contributed by atoms with Gasteiger partial charge in [-0.2, -0.15) is 17.0 Å². The SMILES string of the molecule is N#CCCSCc1ccc(Cl)c(Cl)c1. The van der Waals surface area contributed by atoms with Crippen LogP contribution in [0.3, 0.4) is 0 Å². The molecular weight excluding hydrogens is 237 g/mol. The monoisotopic (exact) mass is 245 g/mol. The lowest BCUT2D eigenvalue weighted by Crippen LogP contribution is -1.83. The Morgan fingerprint density at radius 1 is 1.29 bits per heavy atom. The van der Waals surface area contributed by atoms with Crippen molar-refractivity contribution in [3.8, 4) is 6.07 Å². The van der Waals surface area contributed by atoms with Crippen LogP contribution in [0.15, 0.2) is 18.2 Å². The first-order valence-electron chi connectivity index (χ1n) is 4.12. The molecule has 0 spiro atoms. The molecule has 1 rings (SSSR count). The molecule has 0 atom stereocenters. The van der Waals surface area contributed by atoms with Crippen molar-refractivity contribution in [2.24, 2.45) is 0 Å². The van der Waals surface area contributed by atoms with Crippen LogP contribution in [0.2, 0.25) is 10.0 Å². The number of hydrogen-bond acceptors (Lipinski definition) is 2. The van der Waals surface area contributed by atoms with Gasteiger partial charge in [-0.1, -0.05) is 29.3 Å². The Bertz CT molecular complexity index is 346. The van der Waals surface area contributed by atoms with Crippen LogP contribution in [0.25, 0.3) is 0 Å². The van der Waals surface area contributed by atoms with Gasteiger partial charge in [0, 0.05) is 17.9 Å². The van der Waals surface area contributed by atoms with Crippen LogP contribution in [0.5, 0.6) is 0 Å². The van der Waals surface area contributed by atoms with E-state index in [4.69, 9.17) is 28.5 Å². The van der Waals surface area contributed by atoms with Crippen molar-refractivity contribution in [1.82, 2.24) is 0 Å². The van der Waals surface area contributed by atoms with E-state index in [2.05, 4.69) is 6.07 Å². The molecule has 0 bridgehead atoms. The average molecular weight is 246 g/mol. The van der Waals surface area contributed by atoms with Gasteiger partial charge in [-0.15, -0.1) is 0 Å². The second-order valence-corrected chi connectivity index (χ2v) is 4.63. The van der Waals surface area contributed by atoms with E-state index in [1.54, 1.807) is 17.8 Å². The predicted octanol–water partition coefficient (Wildman–Crippen LogP) is 4.14. The Kier molecular flexibility index (Phi) is 5.17. The van der Waals surface area contributed by atoms with Gasteiger partial charge in [0.2, 0.25) is 0 Å². The number of hydrogen-bond donors (Lipinski definition) is 0. The highest BCUT2D eigenvalue weighted by Gasteiger charge is 1.99. The van der Waals surface area contributed by atoms with E-state index in [1.165, 1.54) is 0 Å². The number of nitrogens with zero attached hydrogens (tertiary/aromatic N) is 1. The molecule has 0 heterocycles. The van der Waals surface area contributed by atoms with Crippen LogP contribution in [0.4, 0.5) is 0 Å². The van der Waals surface area contributed by atoms with E-state index in [-0.39, 0.29) is 0 Å². The smallest absolute Gasteiger partial charge is 0.0630 e. The zero-order valence-corrected chi connectivity index (χ0v) is 9.79. The third kappa shape index (κ3) is 3.79. The summed E-state index contributed by atoms with van der Waals surface area (Å²) in [5, 5.41) is 9.51. The van der Waals surface area contributed by atoms with Crippen molar-refractivity contribution in [2.75, 3.05) is 5.75 Å². The molecule has 0 amide bonds. The molecule has 0 saturated heterocycles. The molecule has 4 heteroatoms. The van der Waals surface area contributed by atoms with Crippen molar-refractivity contribution in [3.05, 3.63) is 33.8 Å². The molecule has 0 saturated carbocycles. The van der Waals surface area contributed by atoms with Gasteiger partial charge in [0.05, 0.1) is 16.1 Å². The molecule has 14 heavy (non-hydrogen) atoms. The summed E-state index contributed by atoms with van der Waals surface area (Å²) >= 11 is 13.4. The zero-order chi connectivity index (χ0) is 10.4.